The average molecular weight is 265 g/mol. The van der Waals surface area contributed by atoms with Gasteiger partial charge in [0.1, 0.15) is 0 Å². The summed E-state index contributed by atoms with van der Waals surface area (Å²) in [5, 5.41) is 9.45. The molecule has 17 heavy (non-hydrogen) atoms. The standard InChI is InChI=1S/C11H23NO4S/c1-3-16-8-9-17(14,15)12-6-4-11(5-7-12)10(2)13/h10-11,13H,3-9H2,1-2H3. The minimum absolute atomic E-state index is 0.0557. The van der Waals surface area contributed by atoms with Crippen LogP contribution in [0.25, 0.3) is 0 Å². The van der Waals surface area contributed by atoms with Gasteiger partial charge in [-0.1, -0.05) is 0 Å². The van der Waals surface area contributed by atoms with Crippen LogP contribution < -0.4 is 0 Å². The third-order valence-corrected chi connectivity index (χ3v) is 5.10. The fraction of sp³-hybridized carbons (Fsp3) is 1.00. The summed E-state index contributed by atoms with van der Waals surface area (Å²) in [6.07, 6.45) is 1.14. The van der Waals surface area contributed by atoms with E-state index in [0.29, 0.717) is 19.7 Å². The van der Waals surface area contributed by atoms with Crippen LogP contribution in [0.4, 0.5) is 0 Å². The van der Waals surface area contributed by atoms with Crippen molar-refractivity contribution in [3.63, 3.8) is 0 Å². The molecule has 102 valence electrons. The van der Waals surface area contributed by atoms with Gasteiger partial charge in [-0.3, -0.25) is 0 Å². The second-order valence-electron chi connectivity index (χ2n) is 4.49. The lowest BCUT2D eigenvalue weighted by Crippen LogP contribution is -2.42. The zero-order valence-electron chi connectivity index (χ0n) is 10.6. The van der Waals surface area contributed by atoms with Crippen LogP contribution in [0.3, 0.4) is 0 Å². The van der Waals surface area contributed by atoms with Gasteiger partial charge in [-0.25, -0.2) is 12.7 Å². The predicted octanol–water partition coefficient (Wildman–Crippen LogP) is 0.446. The van der Waals surface area contributed by atoms with Gasteiger partial charge in [0.15, 0.2) is 0 Å². The van der Waals surface area contributed by atoms with Gasteiger partial charge in [0.25, 0.3) is 0 Å². The van der Waals surface area contributed by atoms with E-state index >= 15 is 0 Å². The van der Waals surface area contributed by atoms with Crippen molar-refractivity contribution in [2.75, 3.05) is 32.1 Å². The molecule has 0 radical (unpaired) electrons. The van der Waals surface area contributed by atoms with Gasteiger partial charge >= 0.3 is 0 Å². The van der Waals surface area contributed by atoms with Crippen molar-refractivity contribution in [2.24, 2.45) is 5.92 Å². The molecule has 0 aliphatic carbocycles. The number of hydrogen-bond acceptors (Lipinski definition) is 4. The fourth-order valence-corrected chi connectivity index (χ4v) is 3.43. The topological polar surface area (TPSA) is 66.8 Å². The number of hydrogen-bond donors (Lipinski definition) is 1. The lowest BCUT2D eigenvalue weighted by Gasteiger charge is -2.32. The predicted molar refractivity (Wildman–Crippen MR) is 66.3 cm³/mol. The molecule has 0 aromatic heterocycles. The first-order valence-electron chi connectivity index (χ1n) is 6.21. The van der Waals surface area contributed by atoms with E-state index in [1.807, 2.05) is 6.92 Å². The average Bonchev–Trinajstić information content (AvgIpc) is 2.29. The molecule has 0 aromatic carbocycles. The van der Waals surface area contributed by atoms with Gasteiger partial charge in [0, 0.05) is 19.7 Å². The van der Waals surface area contributed by atoms with E-state index in [0.717, 1.165) is 12.8 Å². The highest BCUT2D eigenvalue weighted by molar-refractivity contribution is 7.89. The SMILES string of the molecule is CCOCCS(=O)(=O)N1CCC(C(C)O)CC1. The van der Waals surface area contributed by atoms with Crippen LogP contribution in [0, 0.1) is 5.92 Å². The largest absolute Gasteiger partial charge is 0.393 e. The molecular weight excluding hydrogens is 242 g/mol. The molecule has 1 fully saturated rings. The van der Waals surface area contributed by atoms with Crippen molar-refractivity contribution in [2.45, 2.75) is 32.8 Å². The van der Waals surface area contributed by atoms with Gasteiger partial charge in [0.05, 0.1) is 18.5 Å². The zero-order valence-corrected chi connectivity index (χ0v) is 11.4. The first-order valence-corrected chi connectivity index (χ1v) is 7.82. The molecule has 1 unspecified atom stereocenters. The van der Waals surface area contributed by atoms with Gasteiger partial charge in [0.2, 0.25) is 10.0 Å². The van der Waals surface area contributed by atoms with Crippen molar-refractivity contribution in [3.8, 4) is 0 Å². The molecular formula is C11H23NO4S. The number of ether oxygens (including phenoxy) is 1. The number of aliphatic hydroxyl groups is 1. The smallest absolute Gasteiger partial charge is 0.216 e. The molecule has 0 aromatic rings. The molecule has 1 heterocycles. The molecule has 1 atom stereocenters. The summed E-state index contributed by atoms with van der Waals surface area (Å²) in [5.74, 6) is 0.286. The van der Waals surface area contributed by atoms with E-state index in [1.165, 1.54) is 4.31 Å². The Labute approximate surface area is 104 Å². The molecule has 0 bridgehead atoms. The lowest BCUT2D eigenvalue weighted by molar-refractivity contribution is 0.0908. The summed E-state index contributed by atoms with van der Waals surface area (Å²) in [6.45, 7) is 5.45. The molecule has 6 heteroatoms. The second kappa shape index (κ2) is 6.68. The summed E-state index contributed by atoms with van der Waals surface area (Å²) in [6, 6.07) is 0. The van der Waals surface area contributed by atoms with E-state index in [9.17, 15) is 13.5 Å². The monoisotopic (exact) mass is 265 g/mol. The summed E-state index contributed by atoms with van der Waals surface area (Å²) in [5.41, 5.74) is 0. The normalized spacial score (nSPS) is 21.6. The third kappa shape index (κ3) is 4.54. The number of sulfonamides is 1. The molecule has 5 nitrogen and oxygen atoms in total. The maximum absolute atomic E-state index is 11.9. The van der Waals surface area contributed by atoms with Crippen LogP contribution in [0.15, 0.2) is 0 Å². The first-order chi connectivity index (χ1) is 7.97. The maximum Gasteiger partial charge on any atom is 0.216 e. The van der Waals surface area contributed by atoms with E-state index in [2.05, 4.69) is 0 Å². The highest BCUT2D eigenvalue weighted by Gasteiger charge is 2.29. The molecule has 0 saturated carbocycles. The molecule has 1 aliphatic rings. The zero-order chi connectivity index (χ0) is 12.9. The summed E-state index contributed by atoms with van der Waals surface area (Å²) in [7, 11) is -3.18. The van der Waals surface area contributed by atoms with Crippen LogP contribution in [-0.4, -0.2) is 56.0 Å². The Morgan fingerprint density at radius 3 is 2.47 bits per heavy atom. The third-order valence-electron chi connectivity index (χ3n) is 3.26. The Morgan fingerprint density at radius 1 is 1.41 bits per heavy atom. The van der Waals surface area contributed by atoms with E-state index in [4.69, 9.17) is 4.74 Å². The van der Waals surface area contributed by atoms with Crippen molar-refractivity contribution in [1.29, 1.82) is 0 Å². The van der Waals surface area contributed by atoms with Crippen molar-refractivity contribution >= 4 is 10.0 Å². The van der Waals surface area contributed by atoms with Crippen molar-refractivity contribution in [1.82, 2.24) is 4.31 Å². The Kier molecular flexibility index (Phi) is 5.85. The minimum Gasteiger partial charge on any atom is -0.393 e. The highest BCUT2D eigenvalue weighted by Crippen LogP contribution is 2.22. The Bertz CT molecular complexity index is 307. The van der Waals surface area contributed by atoms with Crippen LogP contribution in [0.1, 0.15) is 26.7 Å². The number of piperidine rings is 1. The molecule has 0 amide bonds. The summed E-state index contributed by atoms with van der Waals surface area (Å²) < 4.78 is 30.4. The Morgan fingerprint density at radius 2 is 2.00 bits per heavy atom. The van der Waals surface area contributed by atoms with Gasteiger partial charge < -0.3 is 9.84 Å². The van der Waals surface area contributed by atoms with Crippen molar-refractivity contribution < 1.29 is 18.3 Å². The molecule has 1 N–H and O–H groups in total. The van der Waals surface area contributed by atoms with Gasteiger partial charge in [-0.15, -0.1) is 0 Å². The molecule has 1 saturated heterocycles. The van der Waals surface area contributed by atoms with Crippen LogP contribution in [0.5, 0.6) is 0 Å². The van der Waals surface area contributed by atoms with Crippen LogP contribution in [0.2, 0.25) is 0 Å². The number of nitrogens with zero attached hydrogens (tertiary/aromatic N) is 1. The van der Waals surface area contributed by atoms with Crippen LogP contribution >= 0.6 is 0 Å². The van der Waals surface area contributed by atoms with Crippen molar-refractivity contribution in [3.05, 3.63) is 0 Å². The van der Waals surface area contributed by atoms with E-state index < -0.39 is 10.0 Å². The number of aliphatic hydroxyl groups excluding tert-OH is 1. The minimum atomic E-state index is -3.18. The first kappa shape index (κ1) is 14.9. The van der Waals surface area contributed by atoms with E-state index in [1.54, 1.807) is 6.92 Å². The fourth-order valence-electron chi connectivity index (χ4n) is 2.07. The molecule has 0 spiro atoms. The van der Waals surface area contributed by atoms with Crippen LogP contribution in [-0.2, 0) is 14.8 Å². The van der Waals surface area contributed by atoms with Gasteiger partial charge in [-0.2, -0.15) is 0 Å². The molecule has 1 rings (SSSR count). The maximum atomic E-state index is 11.9. The Hall–Kier alpha value is -0.170. The van der Waals surface area contributed by atoms with Gasteiger partial charge in [-0.05, 0) is 32.6 Å². The highest BCUT2D eigenvalue weighted by atomic mass is 32.2. The van der Waals surface area contributed by atoms with E-state index in [-0.39, 0.29) is 24.4 Å². The summed E-state index contributed by atoms with van der Waals surface area (Å²) in [4.78, 5) is 0. The lowest BCUT2D eigenvalue weighted by atomic mass is 9.93. The quantitative estimate of drug-likeness (QED) is 0.708. The second-order valence-corrected chi connectivity index (χ2v) is 6.58. The Balaban J connectivity index is 2.41. The summed E-state index contributed by atoms with van der Waals surface area (Å²) >= 11 is 0. The number of rotatable bonds is 6. The molecule has 1 aliphatic heterocycles.